The number of nitrogens with one attached hydrogen (secondary N) is 2. The predicted molar refractivity (Wildman–Crippen MR) is 125 cm³/mol. The van der Waals surface area contributed by atoms with E-state index in [-0.39, 0.29) is 4.90 Å². The van der Waals surface area contributed by atoms with Crippen molar-refractivity contribution >= 4 is 38.1 Å². The van der Waals surface area contributed by atoms with Gasteiger partial charge in [-0.05, 0) is 11.6 Å². The average Bonchev–Trinajstić information content (AvgIpc) is 3.18. The van der Waals surface area contributed by atoms with Gasteiger partial charge in [0.1, 0.15) is 10.8 Å². The highest BCUT2D eigenvalue weighted by molar-refractivity contribution is 7.98. The number of anilines is 1. The molecule has 3 rings (SSSR count). The van der Waals surface area contributed by atoms with E-state index in [1.807, 2.05) is 42.5 Å². The van der Waals surface area contributed by atoms with Crippen LogP contribution in [0.5, 0.6) is 0 Å². The van der Waals surface area contributed by atoms with Crippen LogP contribution in [0, 0.1) is 0 Å². The largest absolute Gasteiger partial charge is 0.374 e. The van der Waals surface area contributed by atoms with Gasteiger partial charge in [0.2, 0.25) is 15.0 Å². The molecule has 0 unspecified atom stereocenters. The summed E-state index contributed by atoms with van der Waals surface area (Å²) in [5.41, 5.74) is 7.11. The SMILES string of the molecule is CNC(=CS(=O)(=O)c1ccccc1-c1ccccc1)NCCSCc1nnc(N)s1. The van der Waals surface area contributed by atoms with E-state index in [1.54, 1.807) is 30.9 Å². The van der Waals surface area contributed by atoms with Gasteiger partial charge in [0.15, 0.2) is 0 Å². The topological polar surface area (TPSA) is 110 Å². The van der Waals surface area contributed by atoms with Crippen LogP contribution in [0.1, 0.15) is 5.01 Å². The molecule has 30 heavy (non-hydrogen) atoms. The lowest BCUT2D eigenvalue weighted by molar-refractivity contribution is 0.603. The van der Waals surface area contributed by atoms with Crippen LogP contribution >= 0.6 is 23.1 Å². The minimum atomic E-state index is -3.66. The zero-order chi connectivity index (χ0) is 21.4. The summed E-state index contributed by atoms with van der Waals surface area (Å²) in [6, 6.07) is 16.5. The molecule has 0 aliphatic rings. The Hall–Kier alpha value is -2.56. The highest BCUT2D eigenvalue weighted by Crippen LogP contribution is 2.28. The Morgan fingerprint density at radius 3 is 2.57 bits per heavy atom. The van der Waals surface area contributed by atoms with Gasteiger partial charge in [-0.25, -0.2) is 8.42 Å². The summed E-state index contributed by atoms with van der Waals surface area (Å²) in [7, 11) is -1.97. The Kier molecular flexibility index (Phi) is 7.72. The van der Waals surface area contributed by atoms with Crippen LogP contribution in [0.25, 0.3) is 11.1 Å². The van der Waals surface area contributed by atoms with Crippen LogP contribution in [0.15, 0.2) is 70.7 Å². The molecule has 0 radical (unpaired) electrons. The lowest BCUT2D eigenvalue weighted by Gasteiger charge is -2.12. The molecule has 2 aromatic carbocycles. The van der Waals surface area contributed by atoms with E-state index in [9.17, 15) is 8.42 Å². The highest BCUT2D eigenvalue weighted by Gasteiger charge is 2.18. The number of hydrogen-bond acceptors (Lipinski definition) is 9. The van der Waals surface area contributed by atoms with E-state index in [1.165, 1.54) is 16.7 Å². The second-order valence-electron chi connectivity index (χ2n) is 6.20. The molecular formula is C20H23N5O2S3. The number of sulfone groups is 1. The first-order chi connectivity index (χ1) is 14.5. The molecular weight excluding hydrogens is 438 g/mol. The number of aromatic nitrogens is 2. The summed E-state index contributed by atoms with van der Waals surface area (Å²) in [4.78, 5) is 0.272. The summed E-state index contributed by atoms with van der Waals surface area (Å²) in [6.07, 6.45) is 0. The van der Waals surface area contributed by atoms with E-state index in [0.717, 1.165) is 22.1 Å². The Labute approximate surface area is 184 Å². The van der Waals surface area contributed by atoms with Gasteiger partial charge in [-0.1, -0.05) is 59.9 Å². The maximum absolute atomic E-state index is 13.1. The third-order valence-electron chi connectivity index (χ3n) is 4.09. The zero-order valence-electron chi connectivity index (χ0n) is 16.4. The van der Waals surface area contributed by atoms with Crippen LogP contribution in [-0.4, -0.2) is 38.0 Å². The number of nitrogen functional groups attached to an aromatic ring is 1. The van der Waals surface area contributed by atoms with Gasteiger partial charge >= 0.3 is 0 Å². The number of hydrogen-bond donors (Lipinski definition) is 3. The Balaban J connectivity index is 1.66. The molecule has 0 spiro atoms. The molecule has 0 bridgehead atoms. The van der Waals surface area contributed by atoms with E-state index in [2.05, 4.69) is 20.8 Å². The maximum Gasteiger partial charge on any atom is 0.203 e. The van der Waals surface area contributed by atoms with Crippen molar-refractivity contribution in [2.24, 2.45) is 0 Å². The second-order valence-corrected chi connectivity index (χ2v) is 10.2. The second kappa shape index (κ2) is 10.5. The number of rotatable bonds is 10. The van der Waals surface area contributed by atoms with Gasteiger partial charge in [-0.2, -0.15) is 11.8 Å². The first-order valence-electron chi connectivity index (χ1n) is 9.18. The molecule has 3 aromatic rings. The van der Waals surface area contributed by atoms with Crippen molar-refractivity contribution in [3.8, 4) is 11.1 Å². The molecule has 7 nitrogen and oxygen atoms in total. The fourth-order valence-electron chi connectivity index (χ4n) is 2.72. The van der Waals surface area contributed by atoms with Crippen molar-refractivity contribution in [1.29, 1.82) is 0 Å². The minimum Gasteiger partial charge on any atom is -0.374 e. The number of benzene rings is 2. The van der Waals surface area contributed by atoms with Gasteiger partial charge < -0.3 is 16.4 Å². The third kappa shape index (κ3) is 5.97. The quantitative estimate of drug-likeness (QED) is 0.395. The van der Waals surface area contributed by atoms with Crippen molar-refractivity contribution < 1.29 is 8.42 Å². The van der Waals surface area contributed by atoms with E-state index >= 15 is 0 Å². The molecule has 0 fully saturated rings. The summed E-state index contributed by atoms with van der Waals surface area (Å²) < 4.78 is 26.2. The first-order valence-corrected chi connectivity index (χ1v) is 12.7. The first kappa shape index (κ1) is 22.1. The van der Waals surface area contributed by atoms with Crippen LogP contribution < -0.4 is 16.4 Å². The molecule has 0 saturated heterocycles. The lowest BCUT2D eigenvalue weighted by Crippen LogP contribution is -2.26. The Bertz CT molecular complexity index is 1100. The summed E-state index contributed by atoms with van der Waals surface area (Å²) in [5.74, 6) is 1.94. The monoisotopic (exact) mass is 461 g/mol. The van der Waals surface area contributed by atoms with Crippen molar-refractivity contribution in [2.75, 3.05) is 25.1 Å². The van der Waals surface area contributed by atoms with Crippen molar-refractivity contribution in [3.63, 3.8) is 0 Å². The molecule has 0 aliphatic carbocycles. The number of thioether (sulfide) groups is 1. The fraction of sp³-hybridized carbons (Fsp3) is 0.200. The van der Waals surface area contributed by atoms with Crippen molar-refractivity contribution in [3.05, 3.63) is 70.8 Å². The Morgan fingerprint density at radius 2 is 1.87 bits per heavy atom. The third-order valence-corrected chi connectivity index (χ3v) is 7.51. The predicted octanol–water partition coefficient (Wildman–Crippen LogP) is 3.10. The molecule has 0 saturated carbocycles. The van der Waals surface area contributed by atoms with Crippen LogP contribution in [0.2, 0.25) is 0 Å². The molecule has 0 aliphatic heterocycles. The molecule has 1 heterocycles. The minimum absolute atomic E-state index is 0.272. The summed E-state index contributed by atoms with van der Waals surface area (Å²) >= 11 is 3.04. The normalized spacial score (nSPS) is 12.0. The van der Waals surface area contributed by atoms with E-state index < -0.39 is 9.84 Å². The Morgan fingerprint density at radius 1 is 1.13 bits per heavy atom. The molecule has 4 N–H and O–H groups in total. The summed E-state index contributed by atoms with van der Waals surface area (Å²) in [5, 5.41) is 16.4. The highest BCUT2D eigenvalue weighted by atomic mass is 32.2. The van der Waals surface area contributed by atoms with Gasteiger partial charge in [0, 0.05) is 30.7 Å². The lowest BCUT2D eigenvalue weighted by atomic mass is 10.1. The molecule has 158 valence electrons. The number of nitrogens with two attached hydrogens (primary N) is 1. The smallest absolute Gasteiger partial charge is 0.203 e. The zero-order valence-corrected chi connectivity index (χ0v) is 18.9. The summed E-state index contributed by atoms with van der Waals surface area (Å²) in [6.45, 7) is 0.599. The average molecular weight is 462 g/mol. The van der Waals surface area contributed by atoms with E-state index in [4.69, 9.17) is 5.73 Å². The molecule has 0 amide bonds. The van der Waals surface area contributed by atoms with Crippen LogP contribution in [0.3, 0.4) is 0 Å². The van der Waals surface area contributed by atoms with Gasteiger partial charge in [-0.15, -0.1) is 10.2 Å². The van der Waals surface area contributed by atoms with Gasteiger partial charge in [-0.3, -0.25) is 0 Å². The van der Waals surface area contributed by atoms with Crippen LogP contribution in [0.4, 0.5) is 5.13 Å². The fourth-order valence-corrected chi connectivity index (χ4v) is 5.63. The molecule has 1 aromatic heterocycles. The maximum atomic E-state index is 13.1. The van der Waals surface area contributed by atoms with Crippen LogP contribution in [-0.2, 0) is 15.6 Å². The van der Waals surface area contributed by atoms with Gasteiger partial charge in [0.05, 0.1) is 10.3 Å². The van der Waals surface area contributed by atoms with E-state index in [0.29, 0.717) is 23.1 Å². The van der Waals surface area contributed by atoms with Crippen molar-refractivity contribution in [2.45, 2.75) is 10.6 Å². The molecule has 0 atom stereocenters. The van der Waals surface area contributed by atoms with Gasteiger partial charge in [0.25, 0.3) is 0 Å². The standard InChI is InChI=1S/C20H23N5O2S3/c1-22-18(23-11-12-28-13-19-24-25-20(21)29-19)14-30(26,27)17-10-6-5-9-16(17)15-7-3-2-4-8-15/h2-10,14,22-23H,11-13H2,1H3,(H2,21,25). The van der Waals surface area contributed by atoms with Crippen molar-refractivity contribution in [1.82, 2.24) is 20.8 Å². The molecule has 10 heteroatoms. The number of nitrogens with zero attached hydrogens (tertiary/aromatic N) is 2.